The minimum atomic E-state index is -3.35. The molecular formula is C16H26N2O2S. The van der Waals surface area contributed by atoms with E-state index < -0.39 is 10.0 Å². The molecule has 21 heavy (non-hydrogen) atoms. The predicted octanol–water partition coefficient (Wildman–Crippen LogP) is 2.70. The molecule has 0 radical (unpaired) electrons. The molecule has 0 aromatic heterocycles. The number of hydrogen-bond donors (Lipinski definition) is 0. The third-order valence-corrected chi connectivity index (χ3v) is 6.12. The second kappa shape index (κ2) is 6.90. The van der Waals surface area contributed by atoms with Crippen molar-refractivity contribution in [2.45, 2.75) is 49.6 Å². The minimum absolute atomic E-state index is 0.377. The van der Waals surface area contributed by atoms with Gasteiger partial charge in [0.15, 0.2) is 0 Å². The lowest BCUT2D eigenvalue weighted by Crippen LogP contribution is -2.32. The number of rotatable bonds is 5. The third-order valence-electron chi connectivity index (χ3n) is 4.31. The Morgan fingerprint density at radius 2 is 1.76 bits per heavy atom. The molecule has 0 aliphatic heterocycles. The van der Waals surface area contributed by atoms with Crippen LogP contribution in [0.3, 0.4) is 0 Å². The Kier molecular flexibility index (Phi) is 5.41. The molecule has 1 aliphatic carbocycles. The fraction of sp³-hybridized carbons (Fsp3) is 0.625. The molecule has 118 valence electrons. The highest BCUT2D eigenvalue weighted by molar-refractivity contribution is 7.89. The molecule has 0 atom stereocenters. The molecule has 1 aliphatic rings. The monoisotopic (exact) mass is 310 g/mol. The Balaban J connectivity index is 2.11. The van der Waals surface area contributed by atoms with Gasteiger partial charge in [0.25, 0.3) is 0 Å². The summed E-state index contributed by atoms with van der Waals surface area (Å²) in [6.07, 6.45) is 6.48. The van der Waals surface area contributed by atoms with Crippen LogP contribution < -0.4 is 0 Å². The van der Waals surface area contributed by atoms with Gasteiger partial charge >= 0.3 is 0 Å². The van der Waals surface area contributed by atoms with Crippen LogP contribution in [0.25, 0.3) is 0 Å². The number of sulfonamides is 1. The molecular weight excluding hydrogens is 284 g/mol. The van der Waals surface area contributed by atoms with Gasteiger partial charge < -0.3 is 0 Å². The quantitative estimate of drug-likeness (QED) is 0.839. The van der Waals surface area contributed by atoms with E-state index in [4.69, 9.17) is 0 Å². The van der Waals surface area contributed by atoms with Gasteiger partial charge in [-0.25, -0.2) is 12.7 Å². The maximum Gasteiger partial charge on any atom is 0.242 e. The average Bonchev–Trinajstić information content (AvgIpc) is 2.48. The van der Waals surface area contributed by atoms with Crippen LogP contribution in [0, 0.1) is 0 Å². The van der Waals surface area contributed by atoms with Crippen molar-refractivity contribution in [3.05, 3.63) is 29.8 Å². The maximum absolute atomic E-state index is 12.2. The topological polar surface area (TPSA) is 40.6 Å². The molecule has 0 heterocycles. The summed E-state index contributed by atoms with van der Waals surface area (Å²) >= 11 is 0. The molecule has 1 saturated carbocycles. The van der Waals surface area contributed by atoms with Gasteiger partial charge in [0.1, 0.15) is 0 Å². The van der Waals surface area contributed by atoms with E-state index >= 15 is 0 Å². The van der Waals surface area contributed by atoms with E-state index in [1.54, 1.807) is 26.2 Å². The Labute approximate surface area is 128 Å². The minimum Gasteiger partial charge on any atom is -0.299 e. The predicted molar refractivity (Wildman–Crippen MR) is 85.7 cm³/mol. The second-order valence-corrected chi connectivity index (χ2v) is 8.29. The van der Waals surface area contributed by atoms with Crippen molar-refractivity contribution in [2.24, 2.45) is 0 Å². The summed E-state index contributed by atoms with van der Waals surface area (Å²) in [4.78, 5) is 2.74. The van der Waals surface area contributed by atoms with Crippen LogP contribution in [0.5, 0.6) is 0 Å². The summed E-state index contributed by atoms with van der Waals surface area (Å²) in [5.41, 5.74) is 1.06. The lowest BCUT2D eigenvalue weighted by molar-refractivity contribution is 0.184. The van der Waals surface area contributed by atoms with Crippen LogP contribution in [0.4, 0.5) is 0 Å². The highest BCUT2D eigenvalue weighted by atomic mass is 32.2. The van der Waals surface area contributed by atoms with Crippen molar-refractivity contribution in [1.29, 1.82) is 0 Å². The zero-order valence-electron chi connectivity index (χ0n) is 13.2. The number of benzene rings is 1. The molecule has 1 fully saturated rings. The second-order valence-electron chi connectivity index (χ2n) is 6.14. The van der Waals surface area contributed by atoms with E-state index in [-0.39, 0.29) is 0 Å². The van der Waals surface area contributed by atoms with Gasteiger partial charge in [0.2, 0.25) is 10.0 Å². The van der Waals surface area contributed by atoms with E-state index in [0.29, 0.717) is 10.9 Å². The number of nitrogens with zero attached hydrogens (tertiary/aromatic N) is 2. The Hall–Kier alpha value is -0.910. The Bertz CT molecular complexity index is 563. The lowest BCUT2D eigenvalue weighted by atomic mass is 9.94. The van der Waals surface area contributed by atoms with Crippen LogP contribution in [-0.2, 0) is 16.6 Å². The van der Waals surface area contributed by atoms with Gasteiger partial charge in [-0.2, -0.15) is 0 Å². The van der Waals surface area contributed by atoms with Crippen molar-refractivity contribution in [2.75, 3.05) is 21.1 Å². The third kappa shape index (κ3) is 4.05. The molecule has 1 aromatic rings. The van der Waals surface area contributed by atoms with Gasteiger partial charge in [-0.15, -0.1) is 0 Å². The van der Waals surface area contributed by atoms with E-state index in [1.165, 1.54) is 36.4 Å². The largest absolute Gasteiger partial charge is 0.299 e. The van der Waals surface area contributed by atoms with Crippen molar-refractivity contribution >= 4 is 10.0 Å². The van der Waals surface area contributed by atoms with E-state index in [9.17, 15) is 8.42 Å². The lowest BCUT2D eigenvalue weighted by Gasteiger charge is -2.31. The van der Waals surface area contributed by atoms with Gasteiger partial charge in [-0.05, 0) is 37.6 Å². The average molecular weight is 310 g/mol. The molecule has 4 nitrogen and oxygen atoms in total. The molecule has 5 heteroatoms. The molecule has 1 aromatic carbocycles. The van der Waals surface area contributed by atoms with Crippen LogP contribution >= 0.6 is 0 Å². The van der Waals surface area contributed by atoms with Crippen LogP contribution in [0.1, 0.15) is 37.7 Å². The number of hydrogen-bond acceptors (Lipinski definition) is 3. The summed E-state index contributed by atoms with van der Waals surface area (Å²) in [7, 11) is 1.93. The molecule has 0 spiro atoms. The SMILES string of the molecule is CN(Cc1cccc(S(=O)(=O)N(C)C)c1)C1CCCCC1. The van der Waals surface area contributed by atoms with E-state index in [1.807, 2.05) is 12.1 Å². The smallest absolute Gasteiger partial charge is 0.242 e. The van der Waals surface area contributed by atoms with Gasteiger partial charge in [0.05, 0.1) is 4.90 Å². The Morgan fingerprint density at radius 1 is 1.10 bits per heavy atom. The van der Waals surface area contributed by atoms with Gasteiger partial charge in [0, 0.05) is 26.7 Å². The van der Waals surface area contributed by atoms with Crippen LogP contribution in [0.2, 0.25) is 0 Å². The first-order valence-electron chi connectivity index (χ1n) is 7.63. The first kappa shape index (κ1) is 16.5. The first-order valence-corrected chi connectivity index (χ1v) is 9.07. The summed E-state index contributed by atoms with van der Waals surface area (Å²) in [5.74, 6) is 0. The normalized spacial score (nSPS) is 17.6. The maximum atomic E-state index is 12.2. The van der Waals surface area contributed by atoms with Gasteiger partial charge in [-0.1, -0.05) is 31.4 Å². The molecule has 0 bridgehead atoms. The summed E-state index contributed by atoms with van der Waals surface area (Å²) in [5, 5.41) is 0. The molecule has 0 N–H and O–H groups in total. The van der Waals surface area contributed by atoms with E-state index in [0.717, 1.165) is 12.1 Å². The van der Waals surface area contributed by atoms with Crippen molar-refractivity contribution < 1.29 is 8.42 Å². The molecule has 0 saturated heterocycles. The highest BCUT2D eigenvalue weighted by Gasteiger charge is 2.20. The summed E-state index contributed by atoms with van der Waals surface area (Å²) < 4.78 is 25.6. The molecule has 2 rings (SSSR count). The van der Waals surface area contributed by atoms with Crippen LogP contribution in [-0.4, -0.2) is 44.8 Å². The fourth-order valence-corrected chi connectivity index (χ4v) is 3.93. The van der Waals surface area contributed by atoms with Crippen molar-refractivity contribution in [3.63, 3.8) is 0 Å². The molecule has 0 amide bonds. The molecule has 0 unspecified atom stereocenters. The Morgan fingerprint density at radius 3 is 2.38 bits per heavy atom. The van der Waals surface area contributed by atoms with Crippen molar-refractivity contribution in [1.82, 2.24) is 9.21 Å². The standard InChI is InChI=1S/C16H26N2O2S/c1-17(2)21(19,20)16-11-7-8-14(12-16)13-18(3)15-9-5-4-6-10-15/h7-8,11-12,15H,4-6,9-10,13H2,1-3H3. The summed E-state index contributed by atoms with van der Waals surface area (Å²) in [6.45, 7) is 0.807. The fourth-order valence-electron chi connectivity index (χ4n) is 2.95. The van der Waals surface area contributed by atoms with E-state index in [2.05, 4.69) is 11.9 Å². The first-order chi connectivity index (χ1) is 9.91. The van der Waals surface area contributed by atoms with Crippen LogP contribution in [0.15, 0.2) is 29.2 Å². The summed E-state index contributed by atoms with van der Waals surface area (Å²) in [6, 6.07) is 7.94. The zero-order chi connectivity index (χ0) is 15.5. The highest BCUT2D eigenvalue weighted by Crippen LogP contribution is 2.23. The van der Waals surface area contributed by atoms with Crippen molar-refractivity contribution in [3.8, 4) is 0 Å². The van der Waals surface area contributed by atoms with Gasteiger partial charge in [-0.3, -0.25) is 4.90 Å². The zero-order valence-corrected chi connectivity index (χ0v) is 14.1.